The molecule has 3 heterocycles. The number of carbonyl (C=O) groups is 2. The molecule has 3 rings (SSSR count). The molecule has 8 heteroatoms. The largest absolute Gasteiger partial charge is 0.344 e. The van der Waals surface area contributed by atoms with Crippen LogP contribution >= 0.6 is 0 Å². The van der Waals surface area contributed by atoms with E-state index in [1.807, 2.05) is 11.9 Å². The molecule has 7 nitrogen and oxygen atoms in total. The maximum absolute atomic E-state index is 14.8. The third kappa shape index (κ3) is 3.66. The zero-order valence-electron chi connectivity index (χ0n) is 14.0. The lowest BCUT2D eigenvalue weighted by molar-refractivity contribution is -0.146. The summed E-state index contributed by atoms with van der Waals surface area (Å²) in [4.78, 5) is 29.3. The number of nitrogens with zero attached hydrogens (tertiary/aromatic N) is 3. The SMILES string of the molecule is C=C1CN(C2CCC(=O)NC2=O)COC(N2CCN(C)CC2)C1F. The van der Waals surface area contributed by atoms with Gasteiger partial charge in [0, 0.05) is 39.1 Å². The van der Waals surface area contributed by atoms with Crippen molar-refractivity contribution in [3.63, 3.8) is 0 Å². The van der Waals surface area contributed by atoms with Crippen LogP contribution < -0.4 is 5.32 Å². The van der Waals surface area contributed by atoms with Crippen molar-refractivity contribution < 1.29 is 18.7 Å². The van der Waals surface area contributed by atoms with E-state index < -0.39 is 18.4 Å². The van der Waals surface area contributed by atoms with E-state index in [1.165, 1.54) is 0 Å². The molecular weight excluding hydrogens is 315 g/mol. The van der Waals surface area contributed by atoms with E-state index in [0.29, 0.717) is 18.4 Å². The lowest BCUT2D eigenvalue weighted by atomic mass is 10.0. The van der Waals surface area contributed by atoms with Crippen molar-refractivity contribution in [2.75, 3.05) is 46.5 Å². The molecule has 3 unspecified atom stereocenters. The average Bonchev–Trinajstić information content (AvgIpc) is 2.68. The summed E-state index contributed by atoms with van der Waals surface area (Å²) in [7, 11) is 2.04. The maximum Gasteiger partial charge on any atom is 0.243 e. The van der Waals surface area contributed by atoms with Gasteiger partial charge in [-0.1, -0.05) is 6.58 Å². The fourth-order valence-electron chi connectivity index (χ4n) is 3.45. The number of halogens is 1. The van der Waals surface area contributed by atoms with Gasteiger partial charge in [0.1, 0.15) is 13.0 Å². The second kappa shape index (κ2) is 7.26. The monoisotopic (exact) mass is 340 g/mol. The smallest absolute Gasteiger partial charge is 0.243 e. The summed E-state index contributed by atoms with van der Waals surface area (Å²) >= 11 is 0. The van der Waals surface area contributed by atoms with Crippen LogP contribution in [-0.4, -0.2) is 91.5 Å². The van der Waals surface area contributed by atoms with Gasteiger partial charge in [0.2, 0.25) is 11.8 Å². The highest BCUT2D eigenvalue weighted by molar-refractivity contribution is 6.00. The summed E-state index contributed by atoms with van der Waals surface area (Å²) in [5.41, 5.74) is 0.418. The molecule has 3 aliphatic heterocycles. The number of hydrogen-bond donors (Lipinski definition) is 1. The molecule has 0 aromatic rings. The maximum atomic E-state index is 14.8. The minimum absolute atomic E-state index is 0.155. The third-order valence-corrected chi connectivity index (χ3v) is 5.01. The molecule has 3 saturated heterocycles. The molecule has 2 amide bonds. The summed E-state index contributed by atoms with van der Waals surface area (Å²) in [5, 5.41) is 2.34. The molecule has 3 atom stereocenters. The fraction of sp³-hybridized carbons (Fsp3) is 0.750. The van der Waals surface area contributed by atoms with Crippen molar-refractivity contribution in [3.05, 3.63) is 12.2 Å². The van der Waals surface area contributed by atoms with E-state index in [-0.39, 0.29) is 25.1 Å². The van der Waals surface area contributed by atoms with Gasteiger partial charge in [0.25, 0.3) is 0 Å². The minimum atomic E-state index is -1.29. The van der Waals surface area contributed by atoms with Crippen LogP contribution in [0.15, 0.2) is 12.2 Å². The highest BCUT2D eigenvalue weighted by Gasteiger charge is 2.39. The van der Waals surface area contributed by atoms with E-state index in [0.717, 1.165) is 26.2 Å². The minimum Gasteiger partial charge on any atom is -0.344 e. The molecular formula is C16H25FN4O3. The number of imide groups is 1. The number of piperidine rings is 1. The van der Waals surface area contributed by atoms with Crippen LogP contribution in [0.4, 0.5) is 4.39 Å². The van der Waals surface area contributed by atoms with Crippen LogP contribution in [-0.2, 0) is 14.3 Å². The van der Waals surface area contributed by atoms with Gasteiger partial charge in [-0.2, -0.15) is 0 Å². The lowest BCUT2D eigenvalue weighted by Gasteiger charge is -2.38. The van der Waals surface area contributed by atoms with Crippen molar-refractivity contribution in [1.82, 2.24) is 20.0 Å². The Morgan fingerprint density at radius 1 is 1.21 bits per heavy atom. The second-order valence-electron chi connectivity index (χ2n) is 6.80. The van der Waals surface area contributed by atoms with E-state index in [4.69, 9.17) is 4.74 Å². The Hall–Kier alpha value is -1.35. The number of alkyl halides is 1. The number of hydrogen-bond acceptors (Lipinski definition) is 6. The van der Waals surface area contributed by atoms with Crippen molar-refractivity contribution in [2.45, 2.75) is 31.3 Å². The number of carbonyl (C=O) groups excluding carboxylic acids is 2. The number of nitrogens with one attached hydrogen (secondary N) is 1. The van der Waals surface area contributed by atoms with Crippen molar-refractivity contribution >= 4 is 11.8 Å². The standard InChI is InChI=1S/C16H25FN4O3/c1-11-9-21(12-3-4-13(22)18-15(12)23)10-24-16(14(11)17)20-7-5-19(2)6-8-20/h12,14,16H,1,3-10H2,2H3,(H,18,22,23). The second-order valence-corrected chi connectivity index (χ2v) is 6.80. The fourth-order valence-corrected chi connectivity index (χ4v) is 3.45. The predicted molar refractivity (Wildman–Crippen MR) is 85.7 cm³/mol. The molecule has 0 radical (unpaired) electrons. The highest BCUT2D eigenvalue weighted by atomic mass is 19.1. The Kier molecular flexibility index (Phi) is 5.29. The van der Waals surface area contributed by atoms with Gasteiger partial charge in [-0.25, -0.2) is 4.39 Å². The van der Waals surface area contributed by atoms with Crippen molar-refractivity contribution in [1.29, 1.82) is 0 Å². The highest BCUT2D eigenvalue weighted by Crippen LogP contribution is 2.25. The molecule has 0 spiro atoms. The number of rotatable bonds is 2. The number of amides is 2. The average molecular weight is 340 g/mol. The first kappa shape index (κ1) is 17.5. The van der Waals surface area contributed by atoms with E-state index >= 15 is 0 Å². The molecule has 0 aromatic carbocycles. The summed E-state index contributed by atoms with van der Waals surface area (Å²) < 4.78 is 20.7. The Bertz CT molecular complexity index is 521. The lowest BCUT2D eigenvalue weighted by Crippen LogP contribution is -2.54. The van der Waals surface area contributed by atoms with Gasteiger partial charge in [0.05, 0.1) is 6.04 Å². The quantitative estimate of drug-likeness (QED) is 0.543. The zero-order valence-corrected chi connectivity index (χ0v) is 14.0. The molecule has 1 N–H and O–H groups in total. The predicted octanol–water partition coefficient (Wildman–Crippen LogP) is -0.451. The first-order chi connectivity index (χ1) is 11.5. The van der Waals surface area contributed by atoms with E-state index in [2.05, 4.69) is 16.8 Å². The number of piperazine rings is 1. The number of likely N-dealkylation sites (N-methyl/N-ethyl adjacent to an activating group) is 1. The molecule has 0 aliphatic carbocycles. The van der Waals surface area contributed by atoms with Gasteiger partial charge in [-0.05, 0) is 19.0 Å². The van der Waals surface area contributed by atoms with Crippen LogP contribution in [0.25, 0.3) is 0 Å². The van der Waals surface area contributed by atoms with Crippen LogP contribution in [0.1, 0.15) is 12.8 Å². The van der Waals surface area contributed by atoms with Crippen molar-refractivity contribution in [2.24, 2.45) is 0 Å². The molecule has 0 bridgehead atoms. The van der Waals surface area contributed by atoms with Gasteiger partial charge >= 0.3 is 0 Å². The Labute approximate surface area is 141 Å². The van der Waals surface area contributed by atoms with E-state index in [1.54, 1.807) is 4.90 Å². The van der Waals surface area contributed by atoms with Gasteiger partial charge in [-0.3, -0.25) is 24.7 Å². The van der Waals surface area contributed by atoms with Crippen LogP contribution in [0, 0.1) is 0 Å². The molecule has 3 fully saturated rings. The topological polar surface area (TPSA) is 65.1 Å². The summed E-state index contributed by atoms with van der Waals surface area (Å²) in [6.07, 6.45) is -1.23. The Morgan fingerprint density at radius 3 is 2.58 bits per heavy atom. The van der Waals surface area contributed by atoms with Crippen molar-refractivity contribution in [3.8, 4) is 0 Å². The van der Waals surface area contributed by atoms with Crippen LogP contribution in [0.3, 0.4) is 0 Å². The van der Waals surface area contributed by atoms with E-state index in [9.17, 15) is 14.0 Å². The van der Waals surface area contributed by atoms with Gasteiger partial charge in [0.15, 0.2) is 6.17 Å². The first-order valence-electron chi connectivity index (χ1n) is 8.39. The molecule has 24 heavy (non-hydrogen) atoms. The molecule has 134 valence electrons. The summed E-state index contributed by atoms with van der Waals surface area (Å²) in [6, 6.07) is -0.474. The molecule has 0 aromatic heterocycles. The Balaban J connectivity index is 1.67. The third-order valence-electron chi connectivity index (χ3n) is 5.01. The molecule has 0 saturated carbocycles. The number of ether oxygens (including phenoxy) is 1. The molecule has 3 aliphatic rings. The Morgan fingerprint density at radius 2 is 1.92 bits per heavy atom. The summed E-state index contributed by atoms with van der Waals surface area (Å²) in [5.74, 6) is -0.597. The first-order valence-corrected chi connectivity index (χ1v) is 8.39. The van der Waals surface area contributed by atoms with Gasteiger partial charge in [-0.15, -0.1) is 0 Å². The van der Waals surface area contributed by atoms with Gasteiger partial charge < -0.3 is 9.64 Å². The van der Waals surface area contributed by atoms with Crippen LogP contribution in [0.5, 0.6) is 0 Å². The normalized spacial score (nSPS) is 34.9. The zero-order chi connectivity index (χ0) is 17.3. The van der Waals surface area contributed by atoms with Crippen LogP contribution in [0.2, 0.25) is 0 Å². The summed E-state index contributed by atoms with van der Waals surface area (Å²) in [6.45, 7) is 7.51.